The Labute approximate surface area is 214 Å². The molecule has 1 N–H and O–H groups in total. The van der Waals surface area contributed by atoms with Crippen LogP contribution in [0, 0.1) is 5.92 Å². The number of nitrogens with zero attached hydrogens (tertiary/aromatic N) is 1. The Morgan fingerprint density at radius 3 is 2.67 bits per heavy atom. The second-order valence-electron chi connectivity index (χ2n) is 8.90. The Hall–Kier alpha value is -3.49. The van der Waals surface area contributed by atoms with E-state index in [1.165, 1.54) is 25.2 Å². The number of benzene rings is 2. The molecule has 1 aliphatic rings. The maximum atomic E-state index is 13.7. The molecule has 3 aromatic rings. The van der Waals surface area contributed by atoms with Gasteiger partial charge in [0.25, 0.3) is 5.91 Å². The normalized spacial score (nSPS) is 15.9. The average Bonchev–Trinajstić information content (AvgIpc) is 3.39. The zero-order valence-electron chi connectivity index (χ0n) is 20.5. The van der Waals surface area contributed by atoms with Gasteiger partial charge >= 0.3 is 0 Å². The highest BCUT2D eigenvalue weighted by atomic mass is 35.5. The van der Waals surface area contributed by atoms with Gasteiger partial charge < -0.3 is 28.6 Å². The number of furan rings is 1. The minimum Gasteiger partial charge on any atom is -0.503 e. The van der Waals surface area contributed by atoms with Crippen LogP contribution in [0.2, 0.25) is 5.02 Å². The first-order chi connectivity index (χ1) is 17.2. The lowest BCUT2D eigenvalue weighted by molar-refractivity contribution is -0.130. The Kier molecular flexibility index (Phi) is 7.56. The first-order valence-corrected chi connectivity index (χ1v) is 11.9. The van der Waals surface area contributed by atoms with E-state index in [4.69, 9.17) is 30.2 Å². The molecule has 0 spiro atoms. The molecule has 36 heavy (non-hydrogen) atoms. The van der Waals surface area contributed by atoms with Crippen LogP contribution < -0.4 is 9.47 Å². The molecule has 0 saturated heterocycles. The molecular weight excluding hydrogens is 486 g/mol. The summed E-state index contributed by atoms with van der Waals surface area (Å²) >= 11 is 6.16. The van der Waals surface area contributed by atoms with Crippen molar-refractivity contribution < 1.29 is 33.3 Å². The van der Waals surface area contributed by atoms with E-state index in [0.29, 0.717) is 45.6 Å². The van der Waals surface area contributed by atoms with Crippen LogP contribution in [0.4, 0.5) is 0 Å². The Balaban J connectivity index is 1.78. The number of hydrogen-bond donors (Lipinski definition) is 1. The van der Waals surface area contributed by atoms with Crippen LogP contribution in [0.5, 0.6) is 11.5 Å². The number of amides is 1. The number of rotatable bonds is 10. The summed E-state index contributed by atoms with van der Waals surface area (Å²) in [6.07, 6.45) is 0. The standard InChI is InChI=1S/C27H28ClNO7/c1-15(2)14-35-19-7-5-6-16(11-19)23-22(25(31)27(32)29(23)8-9-33-3)24(30)20-12-17-10-18(28)13-21(34-4)26(17)36-20/h5-7,10-13,15,23,31H,8-9,14H2,1-4H3. The highest BCUT2D eigenvalue weighted by Crippen LogP contribution is 2.41. The van der Waals surface area contributed by atoms with E-state index >= 15 is 0 Å². The van der Waals surface area contributed by atoms with Crippen LogP contribution in [0.1, 0.15) is 36.0 Å². The van der Waals surface area contributed by atoms with Crippen LogP contribution in [-0.2, 0) is 9.53 Å². The summed E-state index contributed by atoms with van der Waals surface area (Å²) in [5.41, 5.74) is 0.873. The molecule has 1 amide bonds. The van der Waals surface area contributed by atoms with Gasteiger partial charge in [-0.2, -0.15) is 0 Å². The number of ketones is 1. The molecular formula is C27H28ClNO7. The third kappa shape index (κ3) is 4.92. The molecule has 1 aliphatic heterocycles. The number of aliphatic hydroxyl groups is 1. The highest BCUT2D eigenvalue weighted by Gasteiger charge is 2.44. The van der Waals surface area contributed by atoms with E-state index in [2.05, 4.69) is 0 Å². The molecule has 2 aromatic carbocycles. The maximum Gasteiger partial charge on any atom is 0.290 e. The summed E-state index contributed by atoms with van der Waals surface area (Å²) in [6.45, 7) is 4.98. The number of aliphatic hydroxyl groups excluding tert-OH is 1. The molecule has 0 aliphatic carbocycles. The fraction of sp³-hybridized carbons (Fsp3) is 0.333. The van der Waals surface area contributed by atoms with Crippen molar-refractivity contribution in [2.45, 2.75) is 19.9 Å². The largest absolute Gasteiger partial charge is 0.503 e. The van der Waals surface area contributed by atoms with Gasteiger partial charge in [0, 0.05) is 30.1 Å². The van der Waals surface area contributed by atoms with Crippen molar-refractivity contribution in [3.05, 3.63) is 70.1 Å². The summed E-state index contributed by atoms with van der Waals surface area (Å²) in [5, 5.41) is 11.8. The predicted molar refractivity (Wildman–Crippen MR) is 135 cm³/mol. The smallest absolute Gasteiger partial charge is 0.290 e. The van der Waals surface area contributed by atoms with Crippen molar-refractivity contribution in [1.29, 1.82) is 0 Å². The summed E-state index contributed by atoms with van der Waals surface area (Å²) in [5.74, 6) is -0.670. The number of ether oxygens (including phenoxy) is 3. The number of methoxy groups -OCH3 is 2. The Morgan fingerprint density at radius 1 is 1.19 bits per heavy atom. The predicted octanol–water partition coefficient (Wildman–Crippen LogP) is 5.35. The van der Waals surface area contributed by atoms with Gasteiger partial charge in [-0.15, -0.1) is 0 Å². The minimum absolute atomic E-state index is 0.0503. The molecule has 0 bridgehead atoms. The fourth-order valence-electron chi connectivity index (χ4n) is 4.17. The van der Waals surface area contributed by atoms with Gasteiger partial charge in [-0.25, -0.2) is 0 Å². The number of Topliss-reactive ketones (excluding diaryl/α,β-unsaturated/α-hetero) is 1. The van der Waals surface area contributed by atoms with Crippen molar-refractivity contribution >= 4 is 34.3 Å². The van der Waals surface area contributed by atoms with Gasteiger partial charge in [-0.05, 0) is 35.7 Å². The van der Waals surface area contributed by atoms with E-state index in [-0.39, 0.29) is 24.5 Å². The molecule has 8 nitrogen and oxygen atoms in total. The van der Waals surface area contributed by atoms with Gasteiger partial charge in [-0.1, -0.05) is 37.6 Å². The summed E-state index contributed by atoms with van der Waals surface area (Å²) < 4.78 is 22.2. The van der Waals surface area contributed by atoms with Crippen molar-refractivity contribution in [3.63, 3.8) is 0 Å². The minimum atomic E-state index is -0.860. The topological polar surface area (TPSA) is 98.4 Å². The summed E-state index contributed by atoms with van der Waals surface area (Å²) in [7, 11) is 2.99. The van der Waals surface area contributed by atoms with Crippen LogP contribution in [0.25, 0.3) is 11.0 Å². The zero-order valence-corrected chi connectivity index (χ0v) is 21.3. The zero-order chi connectivity index (χ0) is 26.0. The van der Waals surface area contributed by atoms with E-state index in [9.17, 15) is 14.7 Å². The van der Waals surface area contributed by atoms with Gasteiger partial charge in [0.1, 0.15) is 5.75 Å². The lowest BCUT2D eigenvalue weighted by Gasteiger charge is -2.26. The Morgan fingerprint density at radius 2 is 1.97 bits per heavy atom. The molecule has 1 unspecified atom stereocenters. The third-order valence-electron chi connectivity index (χ3n) is 5.83. The molecule has 4 rings (SSSR count). The molecule has 190 valence electrons. The molecule has 0 saturated carbocycles. The number of carbonyl (C=O) groups is 2. The molecule has 0 radical (unpaired) electrons. The molecule has 2 heterocycles. The molecule has 1 aromatic heterocycles. The quantitative estimate of drug-likeness (QED) is 0.365. The van der Waals surface area contributed by atoms with Gasteiger partial charge in [0.05, 0.1) is 31.9 Å². The second-order valence-corrected chi connectivity index (χ2v) is 9.34. The molecule has 0 fully saturated rings. The van der Waals surface area contributed by atoms with Crippen LogP contribution >= 0.6 is 11.6 Å². The van der Waals surface area contributed by atoms with E-state index < -0.39 is 23.5 Å². The van der Waals surface area contributed by atoms with Crippen molar-refractivity contribution in [1.82, 2.24) is 4.90 Å². The molecule has 9 heteroatoms. The number of carbonyl (C=O) groups excluding carboxylic acids is 2. The van der Waals surface area contributed by atoms with Gasteiger partial charge in [0.2, 0.25) is 5.78 Å². The van der Waals surface area contributed by atoms with Crippen molar-refractivity contribution in [2.75, 3.05) is 34.0 Å². The number of hydrogen-bond acceptors (Lipinski definition) is 7. The summed E-state index contributed by atoms with van der Waals surface area (Å²) in [4.78, 5) is 28.2. The van der Waals surface area contributed by atoms with Gasteiger partial charge in [0.15, 0.2) is 22.9 Å². The maximum absolute atomic E-state index is 13.7. The highest BCUT2D eigenvalue weighted by molar-refractivity contribution is 6.31. The fourth-order valence-corrected chi connectivity index (χ4v) is 4.39. The van der Waals surface area contributed by atoms with Crippen LogP contribution in [-0.4, -0.2) is 55.7 Å². The second kappa shape index (κ2) is 10.6. The lowest BCUT2D eigenvalue weighted by atomic mass is 9.95. The SMILES string of the molecule is COCCN1C(=O)C(O)=C(C(=O)c2cc3cc(Cl)cc(OC)c3o2)C1c1cccc(OCC(C)C)c1. The Bertz CT molecular complexity index is 1330. The van der Waals surface area contributed by atoms with E-state index in [0.717, 1.165) is 0 Å². The van der Waals surface area contributed by atoms with Gasteiger partial charge in [-0.3, -0.25) is 9.59 Å². The monoisotopic (exact) mass is 513 g/mol. The van der Waals surface area contributed by atoms with Crippen molar-refractivity contribution in [3.8, 4) is 11.5 Å². The number of halogens is 1. The average molecular weight is 514 g/mol. The first kappa shape index (κ1) is 25.6. The lowest BCUT2D eigenvalue weighted by Crippen LogP contribution is -2.34. The van der Waals surface area contributed by atoms with E-state index in [1.807, 2.05) is 19.9 Å². The third-order valence-corrected chi connectivity index (χ3v) is 6.05. The van der Waals surface area contributed by atoms with Crippen molar-refractivity contribution in [2.24, 2.45) is 5.92 Å². The van der Waals surface area contributed by atoms with Crippen LogP contribution in [0.3, 0.4) is 0 Å². The van der Waals surface area contributed by atoms with E-state index in [1.54, 1.807) is 30.3 Å². The number of fused-ring (bicyclic) bond motifs is 1. The molecule has 1 atom stereocenters. The first-order valence-electron chi connectivity index (χ1n) is 11.5. The van der Waals surface area contributed by atoms with Crippen LogP contribution in [0.15, 0.2) is 58.2 Å². The summed E-state index contributed by atoms with van der Waals surface area (Å²) in [6, 6.07) is 11.0.